The van der Waals surface area contributed by atoms with Crippen LogP contribution in [0.3, 0.4) is 0 Å². The molecule has 0 bridgehead atoms. The Hall–Kier alpha value is -3.72. The van der Waals surface area contributed by atoms with Gasteiger partial charge in [-0.05, 0) is 94.5 Å². The summed E-state index contributed by atoms with van der Waals surface area (Å²) in [5, 5.41) is 0. The maximum absolute atomic E-state index is 2.31. The van der Waals surface area contributed by atoms with Crippen molar-refractivity contribution >= 4 is 22.7 Å². The summed E-state index contributed by atoms with van der Waals surface area (Å²) in [7, 11) is 0. The fourth-order valence-electron chi connectivity index (χ4n) is 6.13. The number of thiophene rings is 2. The van der Waals surface area contributed by atoms with Gasteiger partial charge in [-0.25, -0.2) is 0 Å². The van der Waals surface area contributed by atoms with Gasteiger partial charge in [-0.2, -0.15) is 0 Å². The van der Waals surface area contributed by atoms with E-state index < -0.39 is 0 Å². The van der Waals surface area contributed by atoms with Crippen LogP contribution in [0, 0.1) is 0 Å². The summed E-state index contributed by atoms with van der Waals surface area (Å²) in [5.41, 5.74) is 10.6. The van der Waals surface area contributed by atoms with Crippen molar-refractivity contribution in [2.24, 2.45) is 0 Å². The Kier molecular flexibility index (Phi) is 11.4. The van der Waals surface area contributed by atoms with Crippen molar-refractivity contribution < 1.29 is 0 Å². The Bertz CT molecular complexity index is 1630. The zero-order valence-electron chi connectivity index (χ0n) is 27.4. The van der Waals surface area contributed by atoms with E-state index in [1.165, 1.54) is 128 Å². The van der Waals surface area contributed by atoms with Gasteiger partial charge in [-0.1, -0.05) is 149 Å². The first-order valence-electron chi connectivity index (χ1n) is 17.3. The molecule has 4 aromatic carbocycles. The molecule has 2 heteroatoms. The molecule has 0 nitrogen and oxygen atoms in total. The second-order valence-corrected chi connectivity index (χ2v) is 14.7. The quantitative estimate of drug-likeness (QED) is 0.0982. The first-order chi connectivity index (χ1) is 22.7. The molecule has 2 aromatic heterocycles. The molecule has 0 amide bonds. The zero-order chi connectivity index (χ0) is 31.6. The maximum Gasteiger partial charge on any atom is 0.0349 e. The van der Waals surface area contributed by atoms with Gasteiger partial charge in [0.15, 0.2) is 0 Å². The second kappa shape index (κ2) is 16.2. The molecule has 0 radical (unpaired) electrons. The van der Waals surface area contributed by atoms with Gasteiger partial charge in [0.25, 0.3) is 0 Å². The first-order valence-corrected chi connectivity index (χ1v) is 18.9. The summed E-state index contributed by atoms with van der Waals surface area (Å²) in [6.45, 7) is 4.54. The molecule has 2 heterocycles. The Balaban J connectivity index is 1.06. The van der Waals surface area contributed by atoms with E-state index in [-0.39, 0.29) is 0 Å². The Morgan fingerprint density at radius 1 is 0.304 bits per heavy atom. The van der Waals surface area contributed by atoms with E-state index in [4.69, 9.17) is 0 Å². The average Bonchev–Trinajstić information content (AvgIpc) is 3.81. The zero-order valence-corrected chi connectivity index (χ0v) is 29.1. The van der Waals surface area contributed by atoms with Crippen molar-refractivity contribution in [3.63, 3.8) is 0 Å². The molecule has 234 valence electrons. The van der Waals surface area contributed by atoms with Gasteiger partial charge < -0.3 is 0 Å². The van der Waals surface area contributed by atoms with Crippen molar-refractivity contribution in [2.75, 3.05) is 0 Å². The van der Waals surface area contributed by atoms with E-state index in [1.807, 2.05) is 22.7 Å². The second-order valence-electron chi connectivity index (χ2n) is 12.5. The van der Waals surface area contributed by atoms with Crippen molar-refractivity contribution in [3.05, 3.63) is 132 Å². The van der Waals surface area contributed by atoms with Gasteiger partial charge in [0.2, 0.25) is 0 Å². The predicted molar refractivity (Wildman–Crippen MR) is 205 cm³/mol. The molecule has 0 spiro atoms. The van der Waals surface area contributed by atoms with Crippen LogP contribution in [0.15, 0.2) is 121 Å². The largest absolute Gasteiger partial charge is 0.135 e. The number of rotatable bonds is 15. The molecule has 0 saturated heterocycles. The third-order valence-electron chi connectivity index (χ3n) is 9.00. The third-order valence-corrected chi connectivity index (χ3v) is 11.4. The fraction of sp³-hybridized carbons (Fsp3) is 0.273. The van der Waals surface area contributed by atoms with Gasteiger partial charge in [-0.3, -0.25) is 0 Å². The molecule has 46 heavy (non-hydrogen) atoms. The van der Waals surface area contributed by atoms with Crippen LogP contribution < -0.4 is 0 Å². The molecule has 6 aromatic rings. The van der Waals surface area contributed by atoms with E-state index in [2.05, 4.69) is 135 Å². The van der Waals surface area contributed by atoms with Crippen molar-refractivity contribution in [1.29, 1.82) is 0 Å². The van der Waals surface area contributed by atoms with Crippen LogP contribution in [0.1, 0.15) is 76.3 Å². The van der Waals surface area contributed by atoms with Crippen LogP contribution in [0.25, 0.3) is 52.9 Å². The summed E-state index contributed by atoms with van der Waals surface area (Å²) in [6.07, 6.45) is 12.9. The predicted octanol–water partition coefficient (Wildman–Crippen LogP) is 14.4. The summed E-state index contributed by atoms with van der Waals surface area (Å²) in [4.78, 5) is 5.30. The lowest BCUT2D eigenvalue weighted by atomic mass is 10.0. The Morgan fingerprint density at radius 3 is 0.891 bits per heavy atom. The lowest BCUT2D eigenvalue weighted by Crippen LogP contribution is -1.85. The topological polar surface area (TPSA) is 0 Å². The Morgan fingerprint density at radius 2 is 0.587 bits per heavy atom. The smallest absolute Gasteiger partial charge is 0.0349 e. The summed E-state index contributed by atoms with van der Waals surface area (Å²) >= 11 is 3.75. The lowest BCUT2D eigenvalue weighted by molar-refractivity contribution is 0.667. The number of hydrogen-bond acceptors (Lipinski definition) is 2. The highest BCUT2D eigenvalue weighted by Gasteiger charge is 2.09. The molecule has 0 aliphatic carbocycles. The molecule has 6 rings (SSSR count). The SMILES string of the molecule is CCCCCCc1ccc(-c2ccc(-c3ccc(-c4ccc(-c5ccc(-c6ccc(CCCCCC)cc6)s5)cc4)cc3)s2)cc1. The molecule has 0 unspecified atom stereocenters. The Labute approximate surface area is 284 Å². The highest BCUT2D eigenvalue weighted by atomic mass is 32.1. The van der Waals surface area contributed by atoms with E-state index in [9.17, 15) is 0 Å². The molecular weight excluding hydrogens is 593 g/mol. The molecule has 0 saturated carbocycles. The van der Waals surface area contributed by atoms with Crippen LogP contribution in [0.2, 0.25) is 0 Å². The van der Waals surface area contributed by atoms with Crippen LogP contribution in [0.5, 0.6) is 0 Å². The lowest BCUT2D eigenvalue weighted by Gasteiger charge is -2.06. The minimum absolute atomic E-state index is 1.19. The van der Waals surface area contributed by atoms with Gasteiger partial charge in [0.05, 0.1) is 0 Å². The van der Waals surface area contributed by atoms with Gasteiger partial charge in [-0.15, -0.1) is 22.7 Å². The summed E-state index contributed by atoms with van der Waals surface area (Å²) in [6, 6.07) is 45.6. The van der Waals surface area contributed by atoms with Crippen LogP contribution in [-0.2, 0) is 12.8 Å². The van der Waals surface area contributed by atoms with Crippen LogP contribution in [0.4, 0.5) is 0 Å². The number of hydrogen-bond donors (Lipinski definition) is 0. The third kappa shape index (κ3) is 8.35. The maximum atomic E-state index is 2.31. The van der Waals surface area contributed by atoms with E-state index >= 15 is 0 Å². The molecule has 0 fully saturated rings. The average molecular weight is 639 g/mol. The van der Waals surface area contributed by atoms with Crippen molar-refractivity contribution in [2.45, 2.75) is 78.1 Å². The van der Waals surface area contributed by atoms with E-state index in [0.29, 0.717) is 0 Å². The van der Waals surface area contributed by atoms with Crippen molar-refractivity contribution in [1.82, 2.24) is 0 Å². The highest BCUT2D eigenvalue weighted by Crippen LogP contribution is 2.37. The number of benzene rings is 4. The summed E-state index contributed by atoms with van der Waals surface area (Å²) < 4.78 is 0. The van der Waals surface area contributed by atoms with Gasteiger partial charge in [0.1, 0.15) is 0 Å². The van der Waals surface area contributed by atoms with Gasteiger partial charge in [0, 0.05) is 19.5 Å². The fourth-order valence-corrected chi connectivity index (χ4v) is 8.17. The minimum Gasteiger partial charge on any atom is -0.135 e. The van der Waals surface area contributed by atoms with E-state index in [0.717, 1.165) is 0 Å². The minimum atomic E-state index is 1.19. The molecule has 0 aliphatic heterocycles. The molecule has 0 aliphatic rings. The molecule has 0 atom stereocenters. The first kappa shape index (κ1) is 32.2. The standard InChI is InChI=1S/C44H46S2/c1-3-5-7-9-11-33-13-17-37(18-14-33)41-29-31-43(45-41)39-25-21-35(22-26-39)36-23-27-40(28-24-36)44-32-30-42(46-44)38-19-15-34(16-20-38)12-10-8-6-4-2/h13-32H,3-12H2,1-2H3. The van der Waals surface area contributed by atoms with Crippen LogP contribution >= 0.6 is 22.7 Å². The van der Waals surface area contributed by atoms with Gasteiger partial charge >= 0.3 is 0 Å². The monoisotopic (exact) mass is 638 g/mol. The number of aryl methyl sites for hydroxylation is 2. The van der Waals surface area contributed by atoms with Crippen LogP contribution in [-0.4, -0.2) is 0 Å². The highest BCUT2D eigenvalue weighted by molar-refractivity contribution is 7.19. The summed E-state index contributed by atoms with van der Waals surface area (Å²) in [5.74, 6) is 0. The normalized spacial score (nSPS) is 11.3. The van der Waals surface area contributed by atoms with Crippen molar-refractivity contribution in [3.8, 4) is 52.9 Å². The molecular formula is C44H46S2. The number of unbranched alkanes of at least 4 members (excludes halogenated alkanes) is 6. The van der Waals surface area contributed by atoms with E-state index in [1.54, 1.807) is 0 Å². The molecule has 0 N–H and O–H groups in total.